The number of benzene rings is 1. The number of aliphatic hydroxyl groups is 1. The van der Waals surface area contributed by atoms with E-state index in [2.05, 4.69) is 15.0 Å². The average Bonchev–Trinajstić information content (AvgIpc) is 2.87. The van der Waals surface area contributed by atoms with Gasteiger partial charge in [-0.1, -0.05) is 31.5 Å². The van der Waals surface area contributed by atoms with Crippen LogP contribution in [0, 0.1) is 17.6 Å². The molecule has 0 spiro atoms. The van der Waals surface area contributed by atoms with Gasteiger partial charge in [-0.3, -0.25) is 0 Å². The second-order valence-electron chi connectivity index (χ2n) is 5.50. The summed E-state index contributed by atoms with van der Waals surface area (Å²) in [4.78, 5) is 12.5. The van der Waals surface area contributed by atoms with Crippen molar-refractivity contribution in [1.82, 2.24) is 4.98 Å². The van der Waals surface area contributed by atoms with Crippen molar-refractivity contribution in [2.24, 2.45) is 15.9 Å². The maximum Gasteiger partial charge on any atom is 0.259 e. The van der Waals surface area contributed by atoms with Crippen LogP contribution in [-0.2, 0) is 0 Å². The Bertz CT molecular complexity index is 903. The van der Waals surface area contributed by atoms with Gasteiger partial charge in [0.25, 0.3) is 5.85 Å². The molecular weight excluding hydrogens is 324 g/mol. The van der Waals surface area contributed by atoms with Crippen LogP contribution in [0.5, 0.6) is 0 Å². The molecule has 2 heterocycles. The first-order valence-electron chi connectivity index (χ1n) is 7.17. The third-order valence-corrected chi connectivity index (χ3v) is 4.30. The lowest BCUT2D eigenvalue weighted by atomic mass is 10.0. The fourth-order valence-corrected chi connectivity index (χ4v) is 2.67. The van der Waals surface area contributed by atoms with E-state index in [0.29, 0.717) is 17.5 Å². The van der Waals surface area contributed by atoms with Crippen LogP contribution in [-0.4, -0.2) is 15.9 Å². The second-order valence-corrected chi connectivity index (χ2v) is 5.91. The van der Waals surface area contributed by atoms with Crippen molar-refractivity contribution in [2.75, 3.05) is 0 Å². The van der Waals surface area contributed by atoms with Crippen molar-refractivity contribution in [1.29, 1.82) is 0 Å². The van der Waals surface area contributed by atoms with Crippen LogP contribution in [0.15, 0.2) is 34.4 Å². The molecule has 0 amide bonds. The van der Waals surface area contributed by atoms with Gasteiger partial charge in [-0.2, -0.15) is 0 Å². The largest absolute Gasteiger partial charge is 0.351 e. The number of hydrogen-bond acceptors (Lipinski definition) is 4. The summed E-state index contributed by atoms with van der Waals surface area (Å²) in [5, 5.41) is 11.1. The summed E-state index contributed by atoms with van der Waals surface area (Å²) in [6, 6.07) is 3.45. The highest BCUT2D eigenvalue weighted by molar-refractivity contribution is 6.33. The summed E-state index contributed by atoms with van der Waals surface area (Å²) in [5.74, 6) is -3.79. The smallest absolute Gasteiger partial charge is 0.259 e. The highest BCUT2D eigenvalue weighted by Gasteiger charge is 2.35. The standard InChI is InChI=1S/C16H14ClF2N3O/c1-3-8(2)16(23)21-14-13(10(17)7-20-15(14)22-16)9-4-5-11(18)12(19)6-9/h4-8,23H,3H2,1-2H3/t8-,16?/m0/s1. The molecule has 1 aromatic heterocycles. The summed E-state index contributed by atoms with van der Waals surface area (Å²) >= 11 is 6.18. The number of halogens is 3. The van der Waals surface area contributed by atoms with Gasteiger partial charge in [-0.25, -0.2) is 23.7 Å². The Balaban J connectivity index is 2.28. The third-order valence-electron chi connectivity index (χ3n) is 4.02. The molecule has 1 aliphatic rings. The molecule has 0 aliphatic carbocycles. The minimum Gasteiger partial charge on any atom is -0.351 e. The van der Waals surface area contributed by atoms with E-state index in [-0.39, 0.29) is 21.8 Å². The normalized spacial score (nSPS) is 20.6. The molecule has 120 valence electrons. The van der Waals surface area contributed by atoms with Crippen LogP contribution in [0.3, 0.4) is 0 Å². The maximum atomic E-state index is 13.5. The van der Waals surface area contributed by atoms with Crippen LogP contribution in [0.4, 0.5) is 8.78 Å². The van der Waals surface area contributed by atoms with E-state index in [1.165, 1.54) is 12.3 Å². The second kappa shape index (κ2) is 5.62. The Morgan fingerprint density at radius 1 is 1.26 bits per heavy atom. The van der Waals surface area contributed by atoms with Crippen molar-refractivity contribution < 1.29 is 13.9 Å². The number of fused-ring (bicyclic) bond motifs is 1. The monoisotopic (exact) mass is 337 g/mol. The van der Waals surface area contributed by atoms with Crippen LogP contribution in [0.1, 0.15) is 20.3 Å². The number of pyridine rings is 1. The van der Waals surface area contributed by atoms with Gasteiger partial charge < -0.3 is 5.11 Å². The van der Waals surface area contributed by atoms with Gasteiger partial charge in [0.15, 0.2) is 17.1 Å². The zero-order chi connectivity index (χ0) is 16.8. The zero-order valence-electron chi connectivity index (χ0n) is 12.5. The highest BCUT2D eigenvalue weighted by atomic mass is 35.5. The van der Waals surface area contributed by atoms with Crippen molar-refractivity contribution in [3.63, 3.8) is 0 Å². The van der Waals surface area contributed by atoms with E-state index in [4.69, 9.17) is 11.6 Å². The van der Waals surface area contributed by atoms with E-state index < -0.39 is 17.5 Å². The predicted molar refractivity (Wildman–Crippen MR) is 81.3 cm³/mol. The minimum absolute atomic E-state index is 0.224. The molecule has 1 aliphatic heterocycles. The van der Waals surface area contributed by atoms with Crippen LogP contribution >= 0.6 is 11.6 Å². The molecular formula is C16H14ClF2N3O. The average molecular weight is 338 g/mol. The minimum atomic E-state index is -1.62. The molecule has 23 heavy (non-hydrogen) atoms. The van der Waals surface area contributed by atoms with Gasteiger partial charge in [-0.15, -0.1) is 0 Å². The van der Waals surface area contributed by atoms with Gasteiger partial charge in [0.2, 0.25) is 0 Å². The summed E-state index contributed by atoms with van der Waals surface area (Å²) in [6.07, 6.45) is 2.02. The lowest BCUT2D eigenvalue weighted by Gasteiger charge is -2.21. The fraction of sp³-hybridized carbons (Fsp3) is 0.312. The predicted octanol–water partition coefficient (Wildman–Crippen LogP) is 2.63. The Morgan fingerprint density at radius 2 is 2.00 bits per heavy atom. The zero-order valence-corrected chi connectivity index (χ0v) is 13.3. The molecule has 3 rings (SSSR count). The molecule has 4 nitrogen and oxygen atoms in total. The fourth-order valence-electron chi connectivity index (χ4n) is 2.42. The quantitative estimate of drug-likeness (QED) is 0.936. The van der Waals surface area contributed by atoms with Crippen LogP contribution in [0.2, 0.25) is 5.02 Å². The van der Waals surface area contributed by atoms with E-state index in [9.17, 15) is 13.9 Å². The van der Waals surface area contributed by atoms with E-state index in [1.807, 2.05) is 13.8 Å². The maximum absolute atomic E-state index is 13.5. The Morgan fingerprint density at radius 3 is 2.65 bits per heavy atom. The number of aromatic nitrogens is 1. The number of hydrogen-bond donors (Lipinski definition) is 1. The first kappa shape index (κ1) is 16.0. The van der Waals surface area contributed by atoms with Crippen molar-refractivity contribution >= 4 is 11.6 Å². The molecule has 0 bridgehead atoms. The summed E-state index contributed by atoms with van der Waals surface area (Å²) in [7, 11) is 0. The Labute approximate surface area is 136 Å². The van der Waals surface area contributed by atoms with Gasteiger partial charge in [0.05, 0.1) is 5.02 Å². The van der Waals surface area contributed by atoms with E-state index in [1.54, 1.807) is 0 Å². The molecule has 1 aromatic carbocycles. The molecule has 1 unspecified atom stereocenters. The van der Waals surface area contributed by atoms with Crippen molar-refractivity contribution in [3.8, 4) is 11.1 Å². The first-order chi connectivity index (χ1) is 10.9. The highest BCUT2D eigenvalue weighted by Crippen LogP contribution is 2.28. The van der Waals surface area contributed by atoms with Gasteiger partial charge >= 0.3 is 0 Å². The molecule has 0 radical (unpaired) electrons. The van der Waals surface area contributed by atoms with Crippen molar-refractivity contribution in [2.45, 2.75) is 26.1 Å². The molecule has 0 saturated carbocycles. The lowest BCUT2D eigenvalue weighted by Crippen LogP contribution is -2.31. The molecule has 2 aromatic rings. The Kier molecular flexibility index (Phi) is 3.90. The Hall–Kier alpha value is -1.92. The molecule has 0 saturated heterocycles. The lowest BCUT2D eigenvalue weighted by molar-refractivity contribution is 0.00207. The number of nitrogens with zero attached hydrogens (tertiary/aromatic N) is 3. The van der Waals surface area contributed by atoms with E-state index >= 15 is 0 Å². The van der Waals surface area contributed by atoms with Gasteiger partial charge in [0, 0.05) is 17.7 Å². The summed E-state index contributed by atoms with van der Waals surface area (Å²) in [5.41, 5.74) is 0.954. The topological polar surface area (TPSA) is 57.8 Å². The third kappa shape index (κ3) is 2.62. The van der Waals surface area contributed by atoms with Crippen LogP contribution < -0.4 is 10.8 Å². The van der Waals surface area contributed by atoms with Crippen molar-refractivity contribution in [3.05, 3.63) is 51.9 Å². The molecule has 7 heteroatoms. The van der Waals surface area contributed by atoms with Crippen LogP contribution in [0.25, 0.3) is 11.1 Å². The molecule has 0 fully saturated rings. The first-order valence-corrected chi connectivity index (χ1v) is 7.55. The van der Waals surface area contributed by atoms with Gasteiger partial charge in [0.1, 0.15) is 5.36 Å². The number of rotatable bonds is 3. The summed E-state index contributed by atoms with van der Waals surface area (Å²) in [6.45, 7) is 3.73. The summed E-state index contributed by atoms with van der Waals surface area (Å²) < 4.78 is 26.7. The van der Waals surface area contributed by atoms with Gasteiger partial charge in [-0.05, 0) is 24.1 Å². The SMILES string of the molecule is CC[C@H](C)C1(O)N=c2ncc(Cl)c(-c3ccc(F)c(F)c3)c2=N1. The van der Waals surface area contributed by atoms with E-state index in [0.717, 1.165) is 12.1 Å². The molecule has 1 N–H and O–H groups in total. The molecule has 2 atom stereocenters.